The number of ether oxygens (including phenoxy) is 1. The molecule has 1 aromatic carbocycles. The molecule has 1 aliphatic rings. The lowest BCUT2D eigenvalue weighted by molar-refractivity contribution is 0.181. The lowest BCUT2D eigenvalue weighted by Gasteiger charge is -2.24. The number of nitrogens with zero attached hydrogens (tertiary/aromatic N) is 2. The van der Waals surface area contributed by atoms with Crippen molar-refractivity contribution in [3.63, 3.8) is 0 Å². The molecule has 25 heavy (non-hydrogen) atoms. The Morgan fingerprint density at radius 1 is 1.28 bits per heavy atom. The molecule has 1 N–H and O–H groups in total. The second kappa shape index (κ2) is 9.23. The van der Waals surface area contributed by atoms with Crippen molar-refractivity contribution in [3.8, 4) is 0 Å². The zero-order valence-electron chi connectivity index (χ0n) is 16.6. The minimum absolute atomic E-state index is 0.210. The Morgan fingerprint density at radius 3 is 2.56 bits per heavy atom. The van der Waals surface area contributed by atoms with Crippen LogP contribution < -0.4 is 5.32 Å². The third-order valence-electron chi connectivity index (χ3n) is 4.73. The van der Waals surface area contributed by atoms with E-state index >= 15 is 0 Å². The van der Waals surface area contributed by atoms with Crippen molar-refractivity contribution in [2.24, 2.45) is 10.9 Å². The van der Waals surface area contributed by atoms with Crippen molar-refractivity contribution in [2.45, 2.75) is 46.0 Å². The van der Waals surface area contributed by atoms with Gasteiger partial charge < -0.3 is 15.0 Å². The smallest absolute Gasteiger partial charge is 0.193 e. The van der Waals surface area contributed by atoms with Gasteiger partial charge in [0, 0.05) is 39.2 Å². The van der Waals surface area contributed by atoms with Gasteiger partial charge in [0.15, 0.2) is 5.96 Å². The van der Waals surface area contributed by atoms with Gasteiger partial charge in [0.05, 0.1) is 6.61 Å². The van der Waals surface area contributed by atoms with Gasteiger partial charge >= 0.3 is 0 Å². The highest BCUT2D eigenvalue weighted by molar-refractivity contribution is 5.79. The van der Waals surface area contributed by atoms with Crippen LogP contribution >= 0.6 is 0 Å². The normalized spacial score (nSPS) is 18.4. The number of nitrogens with one attached hydrogen (secondary N) is 1. The molecule has 140 valence electrons. The molecule has 4 heteroatoms. The number of guanidine groups is 1. The second-order valence-corrected chi connectivity index (χ2v) is 8.04. The maximum Gasteiger partial charge on any atom is 0.193 e. The summed E-state index contributed by atoms with van der Waals surface area (Å²) in [5.41, 5.74) is 2.94. The summed E-state index contributed by atoms with van der Waals surface area (Å²) >= 11 is 0. The van der Waals surface area contributed by atoms with E-state index in [0.29, 0.717) is 5.92 Å². The Kier molecular flexibility index (Phi) is 7.30. The van der Waals surface area contributed by atoms with Crippen molar-refractivity contribution in [3.05, 3.63) is 35.4 Å². The first-order valence-electron chi connectivity index (χ1n) is 9.56. The van der Waals surface area contributed by atoms with Gasteiger partial charge in [-0.2, -0.15) is 0 Å². The number of benzene rings is 1. The highest BCUT2D eigenvalue weighted by Gasteiger charge is 2.19. The molecule has 1 heterocycles. The van der Waals surface area contributed by atoms with Crippen LogP contribution in [0.4, 0.5) is 0 Å². The van der Waals surface area contributed by atoms with E-state index in [1.54, 1.807) is 0 Å². The van der Waals surface area contributed by atoms with E-state index in [1.807, 2.05) is 0 Å². The van der Waals surface area contributed by atoms with Gasteiger partial charge in [-0.05, 0) is 36.3 Å². The summed E-state index contributed by atoms with van der Waals surface area (Å²) in [6.07, 6.45) is 2.13. The maximum absolute atomic E-state index is 5.48. The van der Waals surface area contributed by atoms with Crippen molar-refractivity contribution < 1.29 is 4.74 Å². The van der Waals surface area contributed by atoms with Crippen LogP contribution in [0.3, 0.4) is 0 Å². The van der Waals surface area contributed by atoms with Gasteiger partial charge in [-0.1, -0.05) is 45.0 Å². The SMILES string of the molecule is CCNC(=NCCc1ccc(C(C)(C)C)cc1)N(C)CC1CCOC1. The van der Waals surface area contributed by atoms with E-state index in [-0.39, 0.29) is 5.41 Å². The Balaban J connectivity index is 1.89. The molecule has 0 saturated carbocycles. The Hall–Kier alpha value is -1.55. The molecule has 4 nitrogen and oxygen atoms in total. The van der Waals surface area contributed by atoms with Crippen molar-refractivity contribution in [1.82, 2.24) is 10.2 Å². The van der Waals surface area contributed by atoms with Crippen LogP contribution in [0.1, 0.15) is 45.2 Å². The third-order valence-corrected chi connectivity index (χ3v) is 4.73. The molecule has 1 atom stereocenters. The van der Waals surface area contributed by atoms with Crippen LogP contribution in [0.5, 0.6) is 0 Å². The fraction of sp³-hybridized carbons (Fsp3) is 0.667. The summed E-state index contributed by atoms with van der Waals surface area (Å²) in [5, 5.41) is 3.41. The Labute approximate surface area is 153 Å². The molecule has 1 saturated heterocycles. The van der Waals surface area contributed by atoms with Crippen LogP contribution in [-0.2, 0) is 16.6 Å². The van der Waals surface area contributed by atoms with Crippen LogP contribution in [0.25, 0.3) is 0 Å². The van der Waals surface area contributed by atoms with Crippen LogP contribution in [0, 0.1) is 5.92 Å². The fourth-order valence-corrected chi connectivity index (χ4v) is 3.13. The van der Waals surface area contributed by atoms with Crippen molar-refractivity contribution >= 4 is 5.96 Å². The minimum atomic E-state index is 0.210. The lowest BCUT2D eigenvalue weighted by Crippen LogP contribution is -2.41. The first-order valence-corrected chi connectivity index (χ1v) is 9.56. The van der Waals surface area contributed by atoms with Crippen LogP contribution in [0.2, 0.25) is 0 Å². The van der Waals surface area contributed by atoms with Crippen molar-refractivity contribution in [2.75, 3.05) is 39.9 Å². The number of hydrogen-bond donors (Lipinski definition) is 1. The Morgan fingerprint density at radius 2 is 2.00 bits per heavy atom. The predicted octanol–water partition coefficient (Wildman–Crippen LogP) is 3.46. The summed E-state index contributed by atoms with van der Waals surface area (Å²) < 4.78 is 5.48. The summed E-state index contributed by atoms with van der Waals surface area (Å²) in [6.45, 7) is 13.4. The van der Waals surface area contributed by atoms with Gasteiger partial charge in [0.2, 0.25) is 0 Å². The molecule has 0 radical (unpaired) electrons. The number of rotatable bonds is 6. The highest BCUT2D eigenvalue weighted by Crippen LogP contribution is 2.22. The van der Waals surface area contributed by atoms with Gasteiger partial charge in [0.1, 0.15) is 0 Å². The first-order chi connectivity index (χ1) is 11.9. The second-order valence-electron chi connectivity index (χ2n) is 8.04. The molecular weight excluding hydrogens is 310 g/mol. The van der Waals surface area contributed by atoms with E-state index in [0.717, 1.165) is 51.6 Å². The van der Waals surface area contributed by atoms with Gasteiger partial charge in [0.25, 0.3) is 0 Å². The van der Waals surface area contributed by atoms with Crippen LogP contribution in [-0.4, -0.2) is 50.8 Å². The molecule has 2 rings (SSSR count). The average Bonchev–Trinajstić information content (AvgIpc) is 3.06. The summed E-state index contributed by atoms with van der Waals surface area (Å²) in [6, 6.07) is 8.97. The molecule has 1 fully saturated rings. The van der Waals surface area contributed by atoms with Crippen molar-refractivity contribution in [1.29, 1.82) is 0 Å². The van der Waals surface area contributed by atoms with E-state index in [4.69, 9.17) is 9.73 Å². The summed E-state index contributed by atoms with van der Waals surface area (Å²) in [7, 11) is 2.12. The molecule has 1 aromatic rings. The number of hydrogen-bond acceptors (Lipinski definition) is 2. The van der Waals surface area contributed by atoms with Gasteiger partial charge in [-0.25, -0.2) is 0 Å². The largest absolute Gasteiger partial charge is 0.381 e. The molecule has 0 aliphatic carbocycles. The zero-order chi connectivity index (χ0) is 18.3. The Bertz CT molecular complexity index is 539. The quantitative estimate of drug-likeness (QED) is 0.634. The van der Waals surface area contributed by atoms with E-state index in [1.165, 1.54) is 11.1 Å². The maximum atomic E-state index is 5.48. The molecule has 1 unspecified atom stereocenters. The van der Waals surface area contributed by atoms with Gasteiger partial charge in [-0.3, -0.25) is 4.99 Å². The third kappa shape index (κ3) is 6.35. The monoisotopic (exact) mass is 345 g/mol. The molecule has 0 spiro atoms. The minimum Gasteiger partial charge on any atom is -0.381 e. The predicted molar refractivity (Wildman–Crippen MR) is 106 cm³/mol. The molecule has 0 aromatic heterocycles. The summed E-state index contributed by atoms with van der Waals surface area (Å²) in [5.74, 6) is 1.62. The van der Waals surface area contributed by atoms with E-state index in [9.17, 15) is 0 Å². The molecule has 1 aliphatic heterocycles. The summed E-state index contributed by atoms with van der Waals surface area (Å²) in [4.78, 5) is 7.05. The highest BCUT2D eigenvalue weighted by atomic mass is 16.5. The molecule has 0 bridgehead atoms. The molecule has 0 amide bonds. The van der Waals surface area contributed by atoms with Crippen LogP contribution in [0.15, 0.2) is 29.3 Å². The lowest BCUT2D eigenvalue weighted by atomic mass is 9.86. The van der Waals surface area contributed by atoms with E-state index < -0.39 is 0 Å². The topological polar surface area (TPSA) is 36.9 Å². The average molecular weight is 346 g/mol. The first kappa shape index (κ1) is 19.8. The van der Waals surface area contributed by atoms with E-state index in [2.05, 4.69) is 69.2 Å². The zero-order valence-corrected chi connectivity index (χ0v) is 16.6. The number of aliphatic imine (C=N–C) groups is 1. The standard InChI is InChI=1S/C21H35N3O/c1-6-22-20(24(5)15-18-12-14-25-16-18)23-13-11-17-7-9-19(10-8-17)21(2,3)4/h7-10,18H,6,11-16H2,1-5H3,(H,22,23). The molecular formula is C21H35N3O. The van der Waals surface area contributed by atoms with Gasteiger partial charge in [-0.15, -0.1) is 0 Å². The fourth-order valence-electron chi connectivity index (χ4n) is 3.13.